The summed E-state index contributed by atoms with van der Waals surface area (Å²) < 4.78 is 28.3. The molecule has 2 aromatic rings. The van der Waals surface area contributed by atoms with Crippen molar-refractivity contribution in [1.29, 1.82) is 0 Å². The molecule has 0 spiro atoms. The first-order valence-electron chi connectivity index (χ1n) is 11.7. The van der Waals surface area contributed by atoms with Crippen LogP contribution in [0.4, 0.5) is 0 Å². The van der Waals surface area contributed by atoms with E-state index in [9.17, 15) is 23.7 Å². The van der Waals surface area contributed by atoms with Gasteiger partial charge in [0.2, 0.25) is 0 Å². The maximum atomic E-state index is 11.3. The zero-order valence-electron chi connectivity index (χ0n) is 19.5. The van der Waals surface area contributed by atoms with Crippen molar-refractivity contribution < 1.29 is 28.5 Å². The van der Waals surface area contributed by atoms with E-state index >= 15 is 0 Å². The van der Waals surface area contributed by atoms with Crippen LogP contribution in [0.3, 0.4) is 0 Å². The summed E-state index contributed by atoms with van der Waals surface area (Å²) in [7, 11) is -3.77. The molecule has 34 heavy (non-hydrogen) atoms. The number of sulfonamides is 1. The number of unbranched alkanes of at least 4 members (excludes halogenated alkanes) is 4. The molecule has 0 bridgehead atoms. The minimum absolute atomic E-state index is 0.0285. The second-order valence-electron chi connectivity index (χ2n) is 8.26. The number of rotatable bonds is 17. The average Bonchev–Trinajstić information content (AvgIpc) is 2.81. The molecule has 1 aromatic carbocycles. The van der Waals surface area contributed by atoms with Gasteiger partial charge < -0.3 is 25.4 Å². The maximum absolute atomic E-state index is 11.3. The Hall–Kier alpha value is -2.08. The molecule has 0 aliphatic rings. The largest absolute Gasteiger partial charge is 0.508 e. The van der Waals surface area contributed by atoms with Crippen molar-refractivity contribution in [3.05, 3.63) is 53.2 Å². The Labute approximate surface area is 202 Å². The number of nitrogens with zero attached hydrogens (tertiary/aromatic N) is 1. The van der Waals surface area contributed by atoms with Gasteiger partial charge in [0.15, 0.2) is 5.03 Å². The summed E-state index contributed by atoms with van der Waals surface area (Å²) in [4.78, 5) is 4.08. The van der Waals surface area contributed by atoms with E-state index in [0.29, 0.717) is 36.4 Å². The smallest absolute Gasteiger partial charge is 0.255 e. The molecule has 190 valence electrons. The standard InChI is InChI=1S/C24H37N3O6S/c25-34(31,32)24-10-7-9-21(27-24)8-3-6-15-33-14-5-2-1-4-13-26-17-23(30)19-11-12-22(29)20(16-19)18-28/h7,9-12,16,23,26,28-30H,1-6,8,13-15,17-18H2,(H2,25,31,32)/t23-/m1/s1. The van der Waals surface area contributed by atoms with E-state index in [0.717, 1.165) is 51.7 Å². The van der Waals surface area contributed by atoms with Crippen molar-refractivity contribution in [2.75, 3.05) is 26.3 Å². The van der Waals surface area contributed by atoms with E-state index in [2.05, 4.69) is 10.3 Å². The van der Waals surface area contributed by atoms with Gasteiger partial charge in [-0.15, -0.1) is 0 Å². The molecule has 1 atom stereocenters. The number of ether oxygens (including phenoxy) is 1. The second kappa shape index (κ2) is 15.0. The van der Waals surface area contributed by atoms with Gasteiger partial charge in [0.25, 0.3) is 10.0 Å². The highest BCUT2D eigenvalue weighted by Gasteiger charge is 2.10. The van der Waals surface area contributed by atoms with E-state index < -0.39 is 16.1 Å². The van der Waals surface area contributed by atoms with Crippen molar-refractivity contribution in [1.82, 2.24) is 10.3 Å². The third kappa shape index (κ3) is 10.5. The number of hydrogen-bond acceptors (Lipinski definition) is 8. The van der Waals surface area contributed by atoms with Crippen LogP contribution in [0.15, 0.2) is 41.4 Å². The first-order chi connectivity index (χ1) is 16.3. The molecule has 1 aromatic heterocycles. The van der Waals surface area contributed by atoms with Gasteiger partial charge in [-0.25, -0.2) is 18.5 Å². The Morgan fingerprint density at radius 3 is 2.50 bits per heavy atom. The Kier molecular flexibility index (Phi) is 12.4. The number of aryl methyl sites for hydroxylation is 1. The van der Waals surface area contributed by atoms with E-state index in [-0.39, 0.29) is 17.4 Å². The van der Waals surface area contributed by atoms with Gasteiger partial charge >= 0.3 is 0 Å². The first-order valence-corrected chi connectivity index (χ1v) is 13.2. The number of aliphatic hydroxyl groups excluding tert-OH is 2. The number of primary sulfonamides is 1. The van der Waals surface area contributed by atoms with Gasteiger partial charge in [-0.05, 0) is 68.5 Å². The van der Waals surface area contributed by atoms with Crippen LogP contribution in [0.25, 0.3) is 0 Å². The van der Waals surface area contributed by atoms with Crippen molar-refractivity contribution >= 4 is 10.0 Å². The lowest BCUT2D eigenvalue weighted by atomic mass is 10.1. The molecular formula is C24H37N3O6S. The molecule has 0 aliphatic carbocycles. The summed E-state index contributed by atoms with van der Waals surface area (Å²) in [6, 6.07) is 9.60. The minimum Gasteiger partial charge on any atom is -0.508 e. The number of nitrogens with two attached hydrogens (primary N) is 1. The van der Waals surface area contributed by atoms with Crippen molar-refractivity contribution in [3.63, 3.8) is 0 Å². The molecular weight excluding hydrogens is 458 g/mol. The molecule has 0 unspecified atom stereocenters. The molecule has 0 fully saturated rings. The molecule has 0 amide bonds. The van der Waals surface area contributed by atoms with Crippen LogP contribution in [0.2, 0.25) is 0 Å². The number of hydrogen-bond donors (Lipinski definition) is 5. The molecule has 6 N–H and O–H groups in total. The van der Waals surface area contributed by atoms with Gasteiger partial charge in [-0.3, -0.25) is 0 Å². The molecule has 10 heteroatoms. The lowest BCUT2D eigenvalue weighted by molar-refractivity contribution is 0.126. The molecule has 0 radical (unpaired) electrons. The molecule has 2 rings (SSSR count). The Bertz CT molecular complexity index is 971. The molecule has 0 saturated carbocycles. The third-order valence-electron chi connectivity index (χ3n) is 5.43. The van der Waals surface area contributed by atoms with Gasteiger partial charge in [0.1, 0.15) is 5.75 Å². The molecule has 1 heterocycles. The van der Waals surface area contributed by atoms with E-state index in [4.69, 9.17) is 9.88 Å². The topological polar surface area (TPSA) is 155 Å². The van der Waals surface area contributed by atoms with Crippen LogP contribution in [0.5, 0.6) is 5.75 Å². The lowest BCUT2D eigenvalue weighted by Crippen LogP contribution is -2.22. The highest BCUT2D eigenvalue weighted by Crippen LogP contribution is 2.22. The van der Waals surface area contributed by atoms with Crippen LogP contribution in [0.1, 0.15) is 61.4 Å². The highest BCUT2D eigenvalue weighted by molar-refractivity contribution is 7.89. The maximum Gasteiger partial charge on any atom is 0.255 e. The van der Waals surface area contributed by atoms with Crippen LogP contribution < -0.4 is 10.5 Å². The van der Waals surface area contributed by atoms with Crippen LogP contribution in [0, 0.1) is 0 Å². The number of aliphatic hydroxyl groups is 2. The Morgan fingerprint density at radius 1 is 1.03 bits per heavy atom. The number of pyridine rings is 1. The first kappa shape index (κ1) is 28.2. The third-order valence-corrected chi connectivity index (χ3v) is 6.24. The highest BCUT2D eigenvalue weighted by atomic mass is 32.2. The zero-order chi connectivity index (χ0) is 24.8. The SMILES string of the molecule is NS(=O)(=O)c1cccc(CCCCOCCCCCCNC[C@@H](O)c2ccc(O)c(CO)c2)n1. The van der Waals surface area contributed by atoms with E-state index in [1.807, 2.05) is 0 Å². The molecule has 0 aliphatic heterocycles. The Morgan fingerprint density at radius 2 is 1.76 bits per heavy atom. The fraction of sp³-hybridized carbons (Fsp3) is 0.542. The van der Waals surface area contributed by atoms with Crippen LogP contribution >= 0.6 is 0 Å². The van der Waals surface area contributed by atoms with Crippen LogP contribution in [-0.4, -0.2) is 55.0 Å². The minimum atomic E-state index is -3.77. The lowest BCUT2D eigenvalue weighted by Gasteiger charge is -2.14. The summed E-state index contributed by atoms with van der Waals surface area (Å²) in [5.74, 6) is 0.0285. The number of aromatic hydroxyl groups is 1. The predicted octanol–water partition coefficient (Wildman–Crippen LogP) is 2.15. The van der Waals surface area contributed by atoms with E-state index in [1.54, 1.807) is 24.3 Å². The zero-order valence-corrected chi connectivity index (χ0v) is 20.3. The fourth-order valence-electron chi connectivity index (χ4n) is 3.47. The summed E-state index contributed by atoms with van der Waals surface area (Å²) in [5.41, 5.74) is 1.79. The van der Waals surface area contributed by atoms with E-state index in [1.165, 1.54) is 12.1 Å². The van der Waals surface area contributed by atoms with Crippen molar-refractivity contribution in [3.8, 4) is 5.75 Å². The number of nitrogens with one attached hydrogen (secondary N) is 1. The van der Waals surface area contributed by atoms with Gasteiger partial charge in [-0.1, -0.05) is 25.0 Å². The van der Waals surface area contributed by atoms with Gasteiger partial charge in [-0.2, -0.15) is 0 Å². The quantitative estimate of drug-likeness (QED) is 0.209. The summed E-state index contributed by atoms with van der Waals surface area (Å²) in [6.45, 7) is 2.35. The number of phenols is 1. The number of benzene rings is 1. The molecule has 0 saturated heterocycles. The average molecular weight is 496 g/mol. The second-order valence-corrected chi connectivity index (χ2v) is 9.77. The normalized spacial score (nSPS) is 12.7. The summed E-state index contributed by atoms with van der Waals surface area (Å²) in [5, 5.41) is 37.3. The fourth-order valence-corrected chi connectivity index (χ4v) is 3.98. The Balaban J connectivity index is 1.43. The van der Waals surface area contributed by atoms with Gasteiger partial charge in [0, 0.05) is 31.0 Å². The predicted molar refractivity (Wildman–Crippen MR) is 130 cm³/mol. The molecule has 9 nitrogen and oxygen atoms in total. The van der Waals surface area contributed by atoms with Crippen molar-refractivity contribution in [2.45, 2.75) is 62.7 Å². The monoisotopic (exact) mass is 495 g/mol. The number of aromatic nitrogens is 1. The summed E-state index contributed by atoms with van der Waals surface area (Å²) in [6.07, 6.45) is 5.90. The van der Waals surface area contributed by atoms with Crippen molar-refractivity contribution in [2.24, 2.45) is 5.14 Å². The van der Waals surface area contributed by atoms with Gasteiger partial charge in [0.05, 0.1) is 12.7 Å². The summed E-state index contributed by atoms with van der Waals surface area (Å²) >= 11 is 0. The van der Waals surface area contributed by atoms with Crippen LogP contribution in [-0.2, 0) is 27.8 Å².